The van der Waals surface area contributed by atoms with Gasteiger partial charge in [-0.05, 0) is 38.4 Å². The number of aryl methyl sites for hydroxylation is 1. The van der Waals surface area contributed by atoms with Crippen molar-refractivity contribution < 1.29 is 14.3 Å². The van der Waals surface area contributed by atoms with Crippen LogP contribution in [0.4, 0.5) is 5.82 Å². The first-order valence-electron chi connectivity index (χ1n) is 10.8. The second kappa shape index (κ2) is 10.2. The molecule has 1 aromatic carbocycles. The maximum Gasteiger partial charge on any atom is 0.262 e. The summed E-state index contributed by atoms with van der Waals surface area (Å²) < 4.78 is 10.8. The highest BCUT2D eigenvalue weighted by molar-refractivity contribution is 6.30. The van der Waals surface area contributed by atoms with Crippen LogP contribution in [-0.2, 0) is 0 Å². The Morgan fingerprint density at radius 1 is 1.12 bits per heavy atom. The van der Waals surface area contributed by atoms with Crippen LogP contribution in [-0.4, -0.2) is 72.1 Å². The average molecular weight is 458 g/mol. The predicted octanol–water partition coefficient (Wildman–Crippen LogP) is 3.27. The first-order valence-corrected chi connectivity index (χ1v) is 11.2. The van der Waals surface area contributed by atoms with Crippen LogP contribution in [0, 0.1) is 6.92 Å². The van der Waals surface area contributed by atoms with Crippen molar-refractivity contribution in [3.63, 3.8) is 0 Å². The summed E-state index contributed by atoms with van der Waals surface area (Å²) >= 11 is 6.34. The smallest absolute Gasteiger partial charge is 0.262 e. The molecule has 2 aliphatic heterocycles. The number of benzene rings is 1. The third kappa shape index (κ3) is 5.14. The van der Waals surface area contributed by atoms with E-state index in [1.807, 2.05) is 25.1 Å². The Kier molecular flexibility index (Phi) is 7.12. The molecular weight excluding hydrogens is 430 g/mol. The standard InChI is InChI=1S/C23H28ClN5O3/c1-17-5-6-19-18(13-17)23(30)29(20(24)16-32-19)8-4-3-7-27-9-11-28(12-10-27)21-14-25-15-22(26-21)31-2/h5-6,13-16H,3-4,7-12H2,1-2H3. The van der Waals surface area contributed by atoms with Crippen molar-refractivity contribution in [2.45, 2.75) is 19.8 Å². The number of ether oxygens (including phenoxy) is 2. The maximum atomic E-state index is 13.0. The Labute approximate surface area is 193 Å². The number of hydrogen-bond acceptors (Lipinski definition) is 7. The number of aromatic nitrogens is 2. The summed E-state index contributed by atoms with van der Waals surface area (Å²) in [6.07, 6.45) is 6.67. The Hall–Kier alpha value is -2.84. The molecule has 3 heterocycles. The number of hydrogen-bond donors (Lipinski definition) is 0. The number of anilines is 1. The fourth-order valence-electron chi connectivity index (χ4n) is 3.94. The summed E-state index contributed by atoms with van der Waals surface area (Å²) in [4.78, 5) is 27.9. The van der Waals surface area contributed by atoms with Gasteiger partial charge in [-0.25, -0.2) is 0 Å². The van der Waals surface area contributed by atoms with Gasteiger partial charge in [-0.1, -0.05) is 23.2 Å². The third-order valence-corrected chi connectivity index (χ3v) is 6.06. The fraction of sp³-hybridized carbons (Fsp3) is 0.435. The molecule has 2 aromatic rings. The van der Waals surface area contributed by atoms with E-state index in [-0.39, 0.29) is 5.91 Å². The van der Waals surface area contributed by atoms with Gasteiger partial charge < -0.3 is 14.4 Å². The van der Waals surface area contributed by atoms with Crippen molar-refractivity contribution in [3.8, 4) is 11.6 Å². The number of rotatable bonds is 7. The van der Waals surface area contributed by atoms with Crippen LogP contribution in [0.15, 0.2) is 42.0 Å². The SMILES string of the molecule is COc1cncc(N2CCN(CCCCN3C(=O)c4cc(C)ccc4OC=C3Cl)CC2)n1. The Morgan fingerprint density at radius 2 is 1.91 bits per heavy atom. The monoisotopic (exact) mass is 457 g/mol. The van der Waals surface area contributed by atoms with Gasteiger partial charge in [0.15, 0.2) is 5.82 Å². The normalized spacial score (nSPS) is 16.8. The van der Waals surface area contributed by atoms with Crippen molar-refractivity contribution in [3.05, 3.63) is 53.1 Å². The van der Waals surface area contributed by atoms with Gasteiger partial charge in [0, 0.05) is 32.7 Å². The second-order valence-electron chi connectivity index (χ2n) is 7.97. The number of unbranched alkanes of at least 4 members (excludes halogenated alkanes) is 1. The van der Waals surface area contributed by atoms with Gasteiger partial charge in [0.25, 0.3) is 5.91 Å². The van der Waals surface area contributed by atoms with E-state index in [2.05, 4.69) is 19.8 Å². The third-order valence-electron chi connectivity index (χ3n) is 5.76. The lowest BCUT2D eigenvalue weighted by atomic mass is 10.1. The largest absolute Gasteiger partial charge is 0.480 e. The molecular formula is C23H28ClN5O3. The molecule has 0 aliphatic carbocycles. The number of carbonyl (C=O) groups is 1. The maximum absolute atomic E-state index is 13.0. The summed E-state index contributed by atoms with van der Waals surface area (Å²) in [7, 11) is 1.60. The summed E-state index contributed by atoms with van der Waals surface area (Å²) in [5.74, 6) is 1.81. The zero-order valence-electron chi connectivity index (χ0n) is 18.5. The van der Waals surface area contributed by atoms with E-state index in [9.17, 15) is 4.79 Å². The van der Waals surface area contributed by atoms with Gasteiger partial charge >= 0.3 is 0 Å². The Morgan fingerprint density at radius 3 is 2.69 bits per heavy atom. The number of fused-ring (bicyclic) bond motifs is 1. The quantitative estimate of drug-likeness (QED) is 0.466. The molecule has 0 saturated carbocycles. The molecule has 0 bridgehead atoms. The number of amides is 1. The molecule has 0 spiro atoms. The lowest BCUT2D eigenvalue weighted by Crippen LogP contribution is -2.47. The van der Waals surface area contributed by atoms with Crippen LogP contribution < -0.4 is 14.4 Å². The van der Waals surface area contributed by atoms with Crippen molar-refractivity contribution in [2.75, 3.05) is 51.3 Å². The summed E-state index contributed by atoms with van der Waals surface area (Å²) in [6, 6.07) is 5.58. The molecule has 4 rings (SSSR count). The van der Waals surface area contributed by atoms with Crippen LogP contribution in [0.5, 0.6) is 11.6 Å². The van der Waals surface area contributed by atoms with Gasteiger partial charge in [-0.2, -0.15) is 4.98 Å². The van der Waals surface area contributed by atoms with Gasteiger partial charge in [-0.15, -0.1) is 0 Å². The molecule has 1 fully saturated rings. The molecule has 32 heavy (non-hydrogen) atoms. The van der Waals surface area contributed by atoms with Crippen LogP contribution in [0.1, 0.15) is 28.8 Å². The number of nitrogens with zero attached hydrogens (tertiary/aromatic N) is 5. The molecule has 0 N–H and O–H groups in total. The van der Waals surface area contributed by atoms with Crippen LogP contribution in [0.25, 0.3) is 0 Å². The molecule has 0 unspecified atom stereocenters. The zero-order valence-corrected chi connectivity index (χ0v) is 19.2. The number of halogens is 1. The summed E-state index contributed by atoms with van der Waals surface area (Å²) in [5.41, 5.74) is 1.56. The molecule has 1 amide bonds. The lowest BCUT2D eigenvalue weighted by Gasteiger charge is -2.35. The lowest BCUT2D eigenvalue weighted by molar-refractivity contribution is 0.0814. The zero-order chi connectivity index (χ0) is 22.5. The van der Waals surface area contributed by atoms with Gasteiger partial charge in [0.1, 0.15) is 17.2 Å². The van der Waals surface area contributed by atoms with Gasteiger partial charge in [0.2, 0.25) is 5.88 Å². The van der Waals surface area contributed by atoms with E-state index in [1.54, 1.807) is 24.4 Å². The highest BCUT2D eigenvalue weighted by Gasteiger charge is 2.25. The molecule has 8 nitrogen and oxygen atoms in total. The van der Waals surface area contributed by atoms with Crippen LogP contribution >= 0.6 is 11.6 Å². The highest BCUT2D eigenvalue weighted by atomic mass is 35.5. The molecule has 2 aliphatic rings. The first kappa shape index (κ1) is 22.4. The minimum Gasteiger partial charge on any atom is -0.480 e. The Bertz CT molecular complexity index is 991. The van der Waals surface area contributed by atoms with Crippen molar-refractivity contribution in [1.82, 2.24) is 19.8 Å². The average Bonchev–Trinajstić information content (AvgIpc) is 2.93. The summed E-state index contributed by atoms with van der Waals surface area (Å²) in [6.45, 7) is 7.21. The number of piperazine rings is 1. The van der Waals surface area contributed by atoms with E-state index in [4.69, 9.17) is 21.1 Å². The minimum atomic E-state index is -0.115. The van der Waals surface area contributed by atoms with E-state index in [0.29, 0.717) is 28.9 Å². The minimum absolute atomic E-state index is 0.115. The predicted molar refractivity (Wildman–Crippen MR) is 123 cm³/mol. The van der Waals surface area contributed by atoms with Crippen LogP contribution in [0.3, 0.4) is 0 Å². The number of carbonyl (C=O) groups excluding carboxylic acids is 1. The molecule has 0 atom stereocenters. The molecule has 170 valence electrons. The Balaban J connectivity index is 1.24. The summed E-state index contributed by atoms with van der Waals surface area (Å²) in [5, 5.41) is 0.317. The van der Waals surface area contributed by atoms with Crippen LogP contribution in [0.2, 0.25) is 0 Å². The van der Waals surface area contributed by atoms with E-state index >= 15 is 0 Å². The van der Waals surface area contributed by atoms with Crippen molar-refractivity contribution in [1.29, 1.82) is 0 Å². The molecule has 0 radical (unpaired) electrons. The first-order chi connectivity index (χ1) is 15.5. The molecule has 1 saturated heterocycles. The second-order valence-corrected chi connectivity index (χ2v) is 8.36. The fourth-order valence-corrected chi connectivity index (χ4v) is 4.14. The molecule has 9 heteroatoms. The molecule has 1 aromatic heterocycles. The van der Waals surface area contributed by atoms with Gasteiger partial charge in [0.05, 0.1) is 25.1 Å². The van der Waals surface area contributed by atoms with E-state index < -0.39 is 0 Å². The van der Waals surface area contributed by atoms with E-state index in [1.165, 1.54) is 6.26 Å². The highest BCUT2D eigenvalue weighted by Crippen LogP contribution is 2.28. The van der Waals surface area contributed by atoms with E-state index in [0.717, 1.165) is 56.9 Å². The number of methoxy groups -OCH3 is 1. The van der Waals surface area contributed by atoms with Crippen molar-refractivity contribution in [2.24, 2.45) is 0 Å². The van der Waals surface area contributed by atoms with Gasteiger partial charge in [-0.3, -0.25) is 19.6 Å². The topological polar surface area (TPSA) is 71.0 Å². The van der Waals surface area contributed by atoms with Crippen molar-refractivity contribution >= 4 is 23.3 Å².